The molecule has 0 saturated carbocycles. The molecule has 5 aromatic rings. The van der Waals surface area contributed by atoms with E-state index >= 15 is 0 Å². The van der Waals surface area contributed by atoms with Gasteiger partial charge in [0.25, 0.3) is 5.56 Å². The van der Waals surface area contributed by atoms with Crippen LogP contribution in [0.1, 0.15) is 5.69 Å². The molecule has 6 nitrogen and oxygen atoms in total. The zero-order chi connectivity index (χ0) is 20.0. The van der Waals surface area contributed by atoms with Gasteiger partial charge < -0.3 is 8.98 Å². The Hall–Kier alpha value is -3.64. The summed E-state index contributed by atoms with van der Waals surface area (Å²) in [4.78, 5) is 17.8. The van der Waals surface area contributed by atoms with Gasteiger partial charge in [0.2, 0.25) is 5.82 Å². The maximum absolute atomic E-state index is 13.2. The molecule has 0 aliphatic heterocycles. The van der Waals surface area contributed by atoms with Crippen LogP contribution < -0.4 is 5.56 Å². The Morgan fingerprint density at radius 3 is 2.79 bits per heavy atom. The number of nitrogens with zero attached hydrogens (tertiary/aromatic N) is 4. The van der Waals surface area contributed by atoms with Gasteiger partial charge in [-0.05, 0) is 48.5 Å². The van der Waals surface area contributed by atoms with Crippen LogP contribution >= 0.6 is 11.6 Å². The zero-order valence-corrected chi connectivity index (χ0v) is 16.2. The highest BCUT2D eigenvalue weighted by Crippen LogP contribution is 2.29. The second kappa shape index (κ2) is 6.76. The van der Waals surface area contributed by atoms with Crippen molar-refractivity contribution in [1.82, 2.24) is 14.2 Å². The van der Waals surface area contributed by atoms with Crippen LogP contribution in [0.25, 0.3) is 33.5 Å². The number of rotatable bonds is 3. The van der Waals surface area contributed by atoms with E-state index in [2.05, 4.69) is 10.1 Å². The molecule has 0 fully saturated rings. The molecule has 7 heteroatoms. The third-order valence-corrected chi connectivity index (χ3v) is 4.98. The Bertz CT molecular complexity index is 1460. The molecule has 0 radical (unpaired) electrons. The molecule has 3 heterocycles. The van der Waals surface area contributed by atoms with Crippen molar-refractivity contribution in [2.24, 2.45) is 12.1 Å². The first-order valence-corrected chi connectivity index (χ1v) is 9.35. The summed E-state index contributed by atoms with van der Waals surface area (Å²) in [5, 5.41) is 6.35. The van der Waals surface area contributed by atoms with Crippen molar-refractivity contribution in [2.75, 3.05) is 0 Å². The molecule has 3 aromatic heterocycles. The number of para-hydroxylation sites is 1. The normalized spacial score (nSPS) is 11.8. The van der Waals surface area contributed by atoms with Crippen LogP contribution in [-0.4, -0.2) is 20.4 Å². The number of halogens is 1. The number of hydrogen-bond acceptors (Lipinski definition) is 4. The van der Waals surface area contributed by atoms with Crippen LogP contribution in [0.15, 0.2) is 81.2 Å². The molecule has 2 aromatic carbocycles. The largest absolute Gasteiger partial charge is 0.453 e. The second-order valence-electron chi connectivity index (χ2n) is 6.65. The highest BCUT2D eigenvalue weighted by Gasteiger charge is 2.16. The van der Waals surface area contributed by atoms with Gasteiger partial charge in [0.05, 0.1) is 22.8 Å². The van der Waals surface area contributed by atoms with Crippen LogP contribution in [0.2, 0.25) is 5.02 Å². The highest BCUT2D eigenvalue weighted by molar-refractivity contribution is 6.31. The number of aryl methyl sites for hydroxylation is 1. The summed E-state index contributed by atoms with van der Waals surface area (Å²) >= 11 is 6.09. The topological polar surface area (TPSA) is 65.3 Å². The summed E-state index contributed by atoms with van der Waals surface area (Å²) in [5.74, 6) is 0.764. The summed E-state index contributed by atoms with van der Waals surface area (Å²) in [5.41, 5.74) is 1.82. The van der Waals surface area contributed by atoms with Crippen LogP contribution in [-0.2, 0) is 7.05 Å². The number of aromatic nitrogens is 3. The lowest BCUT2D eigenvalue weighted by Crippen LogP contribution is -2.20. The van der Waals surface area contributed by atoms with Crippen LogP contribution in [0.4, 0.5) is 0 Å². The molecule has 0 unspecified atom stereocenters. The van der Waals surface area contributed by atoms with Crippen molar-refractivity contribution in [3.8, 4) is 11.6 Å². The molecule has 142 valence electrons. The van der Waals surface area contributed by atoms with Crippen LogP contribution in [0.5, 0.6) is 0 Å². The fourth-order valence-electron chi connectivity index (χ4n) is 3.24. The van der Waals surface area contributed by atoms with E-state index in [1.54, 1.807) is 42.6 Å². The molecule has 0 aliphatic rings. The Labute approximate surface area is 170 Å². The smallest absolute Gasteiger partial charge is 0.282 e. The monoisotopic (exact) mass is 402 g/mol. The minimum atomic E-state index is -0.269. The maximum atomic E-state index is 13.2. The van der Waals surface area contributed by atoms with Crippen molar-refractivity contribution >= 4 is 39.7 Å². The Kier molecular flexibility index (Phi) is 4.07. The van der Waals surface area contributed by atoms with Crippen molar-refractivity contribution in [2.45, 2.75) is 0 Å². The fourth-order valence-corrected chi connectivity index (χ4v) is 3.42. The molecular formula is C22H15ClN4O2. The van der Waals surface area contributed by atoms with Gasteiger partial charge in [0.15, 0.2) is 5.76 Å². The van der Waals surface area contributed by atoms with E-state index in [0.29, 0.717) is 33.1 Å². The molecule has 0 atom stereocenters. The number of furan rings is 1. The fraction of sp³-hybridized carbons (Fsp3) is 0.0455. The van der Waals surface area contributed by atoms with Gasteiger partial charge in [0, 0.05) is 23.7 Å². The first-order valence-electron chi connectivity index (χ1n) is 8.97. The SMILES string of the molecule is Cn1cccc1C=Nn1c(-c2cc3cc(Cl)ccc3o2)nc2ccccc2c1=O. The third kappa shape index (κ3) is 3.03. The maximum Gasteiger partial charge on any atom is 0.282 e. The minimum Gasteiger partial charge on any atom is -0.453 e. The molecule has 0 bridgehead atoms. The third-order valence-electron chi connectivity index (χ3n) is 4.74. The van der Waals surface area contributed by atoms with Gasteiger partial charge in [-0.1, -0.05) is 23.7 Å². The van der Waals surface area contributed by atoms with Gasteiger partial charge in [-0.3, -0.25) is 4.79 Å². The van der Waals surface area contributed by atoms with E-state index < -0.39 is 0 Å². The zero-order valence-electron chi connectivity index (χ0n) is 15.4. The van der Waals surface area contributed by atoms with Crippen LogP contribution in [0, 0.1) is 0 Å². The van der Waals surface area contributed by atoms with E-state index in [0.717, 1.165) is 11.1 Å². The molecule has 0 amide bonds. The first-order chi connectivity index (χ1) is 14.1. The van der Waals surface area contributed by atoms with Crippen LogP contribution in [0.3, 0.4) is 0 Å². The Morgan fingerprint density at radius 1 is 1.10 bits per heavy atom. The summed E-state index contributed by atoms with van der Waals surface area (Å²) in [6.45, 7) is 0. The average molecular weight is 403 g/mol. The number of benzene rings is 2. The minimum absolute atomic E-state index is 0.269. The van der Waals surface area contributed by atoms with E-state index in [4.69, 9.17) is 16.0 Å². The van der Waals surface area contributed by atoms with Gasteiger partial charge in [-0.25, -0.2) is 4.98 Å². The Balaban J connectivity index is 1.77. The second-order valence-corrected chi connectivity index (χ2v) is 7.09. The van der Waals surface area contributed by atoms with E-state index in [1.807, 2.05) is 42.1 Å². The van der Waals surface area contributed by atoms with E-state index in [-0.39, 0.29) is 5.56 Å². The van der Waals surface area contributed by atoms with E-state index in [1.165, 1.54) is 4.68 Å². The molecule has 0 spiro atoms. The highest BCUT2D eigenvalue weighted by atomic mass is 35.5. The standard InChI is InChI=1S/C22H15ClN4O2/c1-26-10-4-5-16(26)13-24-27-21(25-18-7-3-2-6-17(18)22(27)28)20-12-14-11-15(23)8-9-19(14)29-20/h2-13H,1H3. The van der Waals surface area contributed by atoms with Crippen molar-refractivity contribution < 1.29 is 4.42 Å². The lowest BCUT2D eigenvalue weighted by molar-refractivity contribution is 0.616. The van der Waals surface area contributed by atoms with Crippen molar-refractivity contribution in [3.05, 3.63) is 87.9 Å². The summed E-state index contributed by atoms with van der Waals surface area (Å²) in [7, 11) is 1.91. The van der Waals surface area contributed by atoms with Gasteiger partial charge in [0.1, 0.15) is 5.58 Å². The molecule has 5 rings (SSSR count). The lowest BCUT2D eigenvalue weighted by Gasteiger charge is -2.07. The lowest BCUT2D eigenvalue weighted by atomic mass is 10.2. The summed E-state index contributed by atoms with van der Waals surface area (Å²) in [6.07, 6.45) is 3.54. The summed E-state index contributed by atoms with van der Waals surface area (Å²) < 4.78 is 9.14. The molecular weight excluding hydrogens is 388 g/mol. The van der Waals surface area contributed by atoms with Gasteiger partial charge >= 0.3 is 0 Å². The average Bonchev–Trinajstić information content (AvgIpc) is 3.32. The predicted molar refractivity (Wildman–Crippen MR) is 115 cm³/mol. The first kappa shape index (κ1) is 17.5. The number of fused-ring (bicyclic) bond motifs is 2. The quantitative estimate of drug-likeness (QED) is 0.411. The molecule has 0 saturated heterocycles. The van der Waals surface area contributed by atoms with Crippen molar-refractivity contribution in [3.63, 3.8) is 0 Å². The van der Waals surface area contributed by atoms with Crippen molar-refractivity contribution in [1.29, 1.82) is 0 Å². The summed E-state index contributed by atoms with van der Waals surface area (Å²) in [6, 6.07) is 18.2. The van der Waals surface area contributed by atoms with Gasteiger partial charge in [-0.15, -0.1) is 0 Å². The Morgan fingerprint density at radius 2 is 1.97 bits per heavy atom. The van der Waals surface area contributed by atoms with E-state index in [9.17, 15) is 4.79 Å². The predicted octanol–water partition coefficient (Wildman–Crippen LogP) is 4.68. The molecule has 0 aliphatic carbocycles. The number of hydrogen-bond donors (Lipinski definition) is 0. The molecule has 0 N–H and O–H groups in total. The molecule has 29 heavy (non-hydrogen) atoms. The van der Waals surface area contributed by atoms with Gasteiger partial charge in [-0.2, -0.15) is 9.78 Å².